The molecule has 8 nitrogen and oxygen atoms in total. The maximum absolute atomic E-state index is 11.9. The highest BCUT2D eigenvalue weighted by atomic mass is 16.5. The van der Waals surface area contributed by atoms with Crippen molar-refractivity contribution >= 4 is 11.6 Å². The van der Waals surface area contributed by atoms with Gasteiger partial charge in [0.1, 0.15) is 24.0 Å². The average Bonchev–Trinajstić information content (AvgIpc) is 2.96. The van der Waals surface area contributed by atoms with Crippen molar-refractivity contribution in [3.63, 3.8) is 0 Å². The van der Waals surface area contributed by atoms with Gasteiger partial charge in [0.05, 0.1) is 19.3 Å². The van der Waals surface area contributed by atoms with Gasteiger partial charge in [-0.25, -0.2) is 14.6 Å². The summed E-state index contributed by atoms with van der Waals surface area (Å²) in [4.78, 5) is 22.2. The molecule has 1 saturated heterocycles. The molecule has 2 atom stereocenters. The first-order valence-electron chi connectivity index (χ1n) is 7.02. The topological polar surface area (TPSA) is 85.2 Å². The van der Waals surface area contributed by atoms with Crippen molar-refractivity contribution in [2.24, 2.45) is 0 Å². The minimum Gasteiger partial charge on any atom is -0.377 e. The summed E-state index contributed by atoms with van der Waals surface area (Å²) in [6.07, 6.45) is 3.11. The van der Waals surface area contributed by atoms with E-state index >= 15 is 0 Å². The number of ether oxygens (including phenoxy) is 1. The number of hydrogen-bond donors (Lipinski definition) is 1. The molecule has 0 aromatic carbocycles. The fraction of sp³-hybridized carbons (Fsp3) is 0.429. The third kappa shape index (κ3) is 2.91. The van der Waals surface area contributed by atoms with Gasteiger partial charge in [-0.1, -0.05) is 0 Å². The predicted molar refractivity (Wildman–Crippen MR) is 82.1 cm³/mol. The van der Waals surface area contributed by atoms with E-state index in [0.29, 0.717) is 19.0 Å². The minimum absolute atomic E-state index is 0.0717. The van der Waals surface area contributed by atoms with E-state index in [1.165, 1.54) is 17.1 Å². The summed E-state index contributed by atoms with van der Waals surface area (Å²) in [6, 6.07) is 4.75. The first-order valence-corrected chi connectivity index (χ1v) is 7.02. The van der Waals surface area contributed by atoms with Crippen LogP contribution in [0, 0.1) is 0 Å². The van der Waals surface area contributed by atoms with Crippen molar-refractivity contribution in [2.75, 3.05) is 37.5 Å². The Morgan fingerprint density at radius 2 is 2.23 bits per heavy atom. The third-order valence-corrected chi connectivity index (χ3v) is 3.55. The Morgan fingerprint density at radius 1 is 1.36 bits per heavy atom. The fourth-order valence-electron chi connectivity index (χ4n) is 2.40. The molecule has 0 aliphatic carbocycles. The lowest BCUT2D eigenvalue weighted by atomic mass is 10.1. The van der Waals surface area contributed by atoms with Crippen LogP contribution in [0.2, 0.25) is 0 Å². The number of anilines is 2. The largest absolute Gasteiger partial charge is 0.377 e. The summed E-state index contributed by atoms with van der Waals surface area (Å²) in [5.74, 6) is 1.51. The molecule has 3 rings (SSSR count). The smallest absolute Gasteiger partial charge is 0.267 e. The van der Waals surface area contributed by atoms with Gasteiger partial charge in [-0.05, 0) is 6.07 Å². The molecule has 22 heavy (non-hydrogen) atoms. The Kier molecular flexibility index (Phi) is 4.01. The molecule has 0 radical (unpaired) electrons. The first kappa shape index (κ1) is 14.5. The van der Waals surface area contributed by atoms with Crippen LogP contribution >= 0.6 is 0 Å². The zero-order valence-corrected chi connectivity index (χ0v) is 12.5. The summed E-state index contributed by atoms with van der Waals surface area (Å²) < 4.78 is 6.97. The molecule has 0 amide bonds. The molecule has 1 aliphatic rings. The standard InChI is InChI=1S/C14H18N6O2/c1-19(2)13-6-12(15-9-16-13)18-10-7-22-8-11(10)20-14(21)4-3-5-17-20/h3-6,9-11H,7-8H2,1-2H3,(H,15,16,18). The minimum atomic E-state index is -0.161. The molecule has 0 spiro atoms. The van der Waals surface area contributed by atoms with E-state index in [1.807, 2.05) is 25.1 Å². The van der Waals surface area contributed by atoms with Crippen LogP contribution in [0.3, 0.4) is 0 Å². The number of hydrogen-bond acceptors (Lipinski definition) is 7. The first-order chi connectivity index (χ1) is 10.6. The van der Waals surface area contributed by atoms with Gasteiger partial charge in [-0.2, -0.15) is 5.10 Å². The quantitative estimate of drug-likeness (QED) is 0.860. The van der Waals surface area contributed by atoms with Crippen LogP contribution in [0.4, 0.5) is 11.6 Å². The lowest BCUT2D eigenvalue weighted by Crippen LogP contribution is -2.37. The van der Waals surface area contributed by atoms with E-state index in [2.05, 4.69) is 20.4 Å². The van der Waals surface area contributed by atoms with Gasteiger partial charge in [-0.3, -0.25) is 4.79 Å². The number of rotatable bonds is 4. The molecule has 2 aromatic rings. The van der Waals surface area contributed by atoms with E-state index in [-0.39, 0.29) is 17.6 Å². The van der Waals surface area contributed by atoms with E-state index in [4.69, 9.17) is 4.74 Å². The van der Waals surface area contributed by atoms with Crippen molar-refractivity contribution in [3.8, 4) is 0 Å². The second-order valence-corrected chi connectivity index (χ2v) is 5.32. The molecule has 0 bridgehead atoms. The van der Waals surface area contributed by atoms with Gasteiger partial charge in [0.15, 0.2) is 0 Å². The molecule has 1 aliphatic heterocycles. The van der Waals surface area contributed by atoms with E-state index < -0.39 is 0 Å². The highest BCUT2D eigenvalue weighted by Crippen LogP contribution is 2.21. The van der Waals surface area contributed by atoms with Crippen LogP contribution in [-0.2, 0) is 4.74 Å². The Balaban J connectivity index is 1.81. The van der Waals surface area contributed by atoms with Gasteiger partial charge in [0, 0.05) is 32.4 Å². The van der Waals surface area contributed by atoms with Crippen molar-refractivity contribution < 1.29 is 4.74 Å². The molecule has 1 N–H and O–H groups in total. The SMILES string of the molecule is CN(C)c1cc(NC2COCC2n2ncccc2=O)ncn1. The van der Waals surface area contributed by atoms with Gasteiger partial charge < -0.3 is 15.0 Å². The molecular weight excluding hydrogens is 284 g/mol. The van der Waals surface area contributed by atoms with Crippen molar-refractivity contribution in [2.45, 2.75) is 12.1 Å². The van der Waals surface area contributed by atoms with E-state index in [9.17, 15) is 4.79 Å². The Bertz CT molecular complexity index is 701. The Labute approximate surface area is 127 Å². The van der Waals surface area contributed by atoms with Gasteiger partial charge in [-0.15, -0.1) is 0 Å². The fourth-order valence-corrected chi connectivity index (χ4v) is 2.40. The van der Waals surface area contributed by atoms with Crippen molar-refractivity contribution in [1.29, 1.82) is 0 Å². The number of nitrogens with zero attached hydrogens (tertiary/aromatic N) is 5. The van der Waals surface area contributed by atoms with Crippen LogP contribution in [0.25, 0.3) is 0 Å². The normalized spacial score (nSPS) is 20.8. The summed E-state index contributed by atoms with van der Waals surface area (Å²) in [5, 5.41) is 7.45. The maximum atomic E-state index is 11.9. The van der Waals surface area contributed by atoms with E-state index in [0.717, 1.165) is 5.82 Å². The van der Waals surface area contributed by atoms with E-state index in [1.54, 1.807) is 12.3 Å². The summed E-state index contributed by atoms with van der Waals surface area (Å²) in [6.45, 7) is 0.940. The molecule has 2 unspecified atom stereocenters. The lowest BCUT2D eigenvalue weighted by molar-refractivity contribution is 0.182. The molecule has 1 fully saturated rings. The van der Waals surface area contributed by atoms with Crippen LogP contribution in [0.1, 0.15) is 6.04 Å². The van der Waals surface area contributed by atoms with Gasteiger partial charge in [0.25, 0.3) is 5.56 Å². The number of nitrogens with one attached hydrogen (secondary N) is 1. The highest BCUT2D eigenvalue weighted by Gasteiger charge is 2.31. The maximum Gasteiger partial charge on any atom is 0.267 e. The Hall–Kier alpha value is -2.48. The third-order valence-electron chi connectivity index (χ3n) is 3.55. The van der Waals surface area contributed by atoms with Gasteiger partial charge in [0.2, 0.25) is 0 Å². The molecule has 0 saturated carbocycles. The molecule has 2 aromatic heterocycles. The molecule has 3 heterocycles. The second kappa shape index (κ2) is 6.10. The van der Waals surface area contributed by atoms with Crippen LogP contribution < -0.4 is 15.8 Å². The van der Waals surface area contributed by atoms with Gasteiger partial charge >= 0.3 is 0 Å². The number of aromatic nitrogens is 4. The molecule has 8 heteroatoms. The van der Waals surface area contributed by atoms with Crippen molar-refractivity contribution in [3.05, 3.63) is 41.1 Å². The Morgan fingerprint density at radius 3 is 3.00 bits per heavy atom. The van der Waals surface area contributed by atoms with Crippen LogP contribution in [0.5, 0.6) is 0 Å². The van der Waals surface area contributed by atoms with Crippen LogP contribution in [0.15, 0.2) is 35.5 Å². The lowest BCUT2D eigenvalue weighted by Gasteiger charge is -2.21. The molecule has 116 valence electrons. The summed E-state index contributed by atoms with van der Waals surface area (Å²) in [7, 11) is 3.84. The monoisotopic (exact) mass is 302 g/mol. The zero-order valence-electron chi connectivity index (χ0n) is 12.5. The second-order valence-electron chi connectivity index (χ2n) is 5.32. The molecular formula is C14H18N6O2. The summed E-state index contributed by atoms with van der Waals surface area (Å²) >= 11 is 0. The van der Waals surface area contributed by atoms with Crippen molar-refractivity contribution in [1.82, 2.24) is 19.7 Å². The highest BCUT2D eigenvalue weighted by molar-refractivity contribution is 5.48. The predicted octanol–water partition coefficient (Wildman–Crippen LogP) is 0.151. The average molecular weight is 302 g/mol. The summed E-state index contributed by atoms with van der Waals surface area (Å²) in [5.41, 5.74) is -0.138. The zero-order chi connectivity index (χ0) is 15.5. The van der Waals surface area contributed by atoms with Crippen LogP contribution in [-0.4, -0.2) is 53.1 Å².